The summed E-state index contributed by atoms with van der Waals surface area (Å²) in [7, 11) is 0. The summed E-state index contributed by atoms with van der Waals surface area (Å²) in [5, 5.41) is 12.9. The van der Waals surface area contributed by atoms with Crippen molar-refractivity contribution in [3.05, 3.63) is 87.9 Å². The molecule has 1 aliphatic heterocycles. The number of carbonyl (C=O) groups excluding carboxylic acids is 2. The van der Waals surface area contributed by atoms with Crippen molar-refractivity contribution in [3.63, 3.8) is 0 Å². The van der Waals surface area contributed by atoms with Crippen molar-refractivity contribution in [2.24, 2.45) is 0 Å². The molecule has 0 saturated carbocycles. The van der Waals surface area contributed by atoms with Crippen LogP contribution in [0.15, 0.2) is 71.9 Å². The van der Waals surface area contributed by atoms with Crippen molar-refractivity contribution in [1.82, 2.24) is 9.88 Å². The van der Waals surface area contributed by atoms with Crippen LogP contribution in [0.25, 0.3) is 5.76 Å². The van der Waals surface area contributed by atoms with Gasteiger partial charge in [-0.3, -0.25) is 14.6 Å². The number of likely N-dealkylation sites (tertiary alicyclic amines) is 1. The molecular weight excluding hydrogens is 412 g/mol. The molecule has 3 heterocycles. The summed E-state index contributed by atoms with van der Waals surface area (Å²) in [6.45, 7) is 2.85. The first-order valence-electron chi connectivity index (χ1n) is 10.0. The third-order valence-corrected chi connectivity index (χ3v) is 5.95. The highest BCUT2D eigenvalue weighted by atomic mass is 32.1. The van der Waals surface area contributed by atoms with Crippen LogP contribution in [0.1, 0.15) is 35.4 Å². The number of thiophene rings is 1. The first-order valence-corrected chi connectivity index (χ1v) is 10.9. The summed E-state index contributed by atoms with van der Waals surface area (Å²) < 4.78 is 5.59. The molecule has 1 amide bonds. The van der Waals surface area contributed by atoms with Gasteiger partial charge >= 0.3 is 0 Å². The SMILES string of the molecule is CCCOc1ccc(/C(O)=C2\C(=O)C(=O)N(Cc3cccnc3)C2c2cccs2)cc1. The van der Waals surface area contributed by atoms with Gasteiger partial charge in [0.25, 0.3) is 11.7 Å². The Labute approximate surface area is 184 Å². The first kappa shape index (κ1) is 20.8. The average Bonchev–Trinajstić information content (AvgIpc) is 3.41. The Morgan fingerprint density at radius 3 is 2.61 bits per heavy atom. The molecular formula is C24H22N2O4S. The van der Waals surface area contributed by atoms with Gasteiger partial charge in [0.2, 0.25) is 0 Å². The van der Waals surface area contributed by atoms with Crippen LogP contribution < -0.4 is 4.74 Å². The predicted octanol–water partition coefficient (Wildman–Crippen LogP) is 4.55. The summed E-state index contributed by atoms with van der Waals surface area (Å²) in [5.41, 5.74) is 1.37. The second-order valence-corrected chi connectivity index (χ2v) is 8.16. The van der Waals surface area contributed by atoms with E-state index in [-0.39, 0.29) is 17.9 Å². The lowest BCUT2D eigenvalue weighted by Gasteiger charge is -2.24. The van der Waals surface area contributed by atoms with Crippen molar-refractivity contribution in [3.8, 4) is 5.75 Å². The van der Waals surface area contributed by atoms with Gasteiger partial charge in [0, 0.05) is 29.4 Å². The fourth-order valence-corrected chi connectivity index (χ4v) is 4.40. The Hall–Kier alpha value is -3.45. The number of aliphatic hydroxyl groups excluding tert-OH is 1. The second kappa shape index (κ2) is 9.14. The van der Waals surface area contributed by atoms with Crippen molar-refractivity contribution in [1.29, 1.82) is 0 Å². The number of Topliss-reactive ketones (excluding diaryl/α,β-unsaturated/α-hetero) is 1. The minimum Gasteiger partial charge on any atom is -0.507 e. The number of carbonyl (C=O) groups is 2. The molecule has 2 aromatic heterocycles. The minimum absolute atomic E-state index is 0.0959. The van der Waals surface area contributed by atoms with Crippen LogP contribution in [0, 0.1) is 0 Å². The molecule has 1 aromatic carbocycles. The zero-order chi connectivity index (χ0) is 21.8. The van der Waals surface area contributed by atoms with E-state index in [1.165, 1.54) is 16.2 Å². The number of pyridine rings is 1. The highest BCUT2D eigenvalue weighted by Crippen LogP contribution is 2.41. The molecule has 1 atom stereocenters. The fraction of sp³-hybridized carbons (Fsp3) is 0.208. The van der Waals surface area contributed by atoms with E-state index in [1.807, 2.05) is 30.5 Å². The number of nitrogens with zero attached hydrogens (tertiary/aromatic N) is 2. The Balaban J connectivity index is 1.74. The molecule has 0 radical (unpaired) electrons. The zero-order valence-corrected chi connectivity index (χ0v) is 17.8. The summed E-state index contributed by atoms with van der Waals surface area (Å²) in [6, 6.07) is 13.6. The van der Waals surface area contributed by atoms with Gasteiger partial charge in [0.05, 0.1) is 18.2 Å². The molecule has 6 nitrogen and oxygen atoms in total. The van der Waals surface area contributed by atoms with Crippen molar-refractivity contribution in [2.45, 2.75) is 25.9 Å². The van der Waals surface area contributed by atoms with Gasteiger partial charge in [0.15, 0.2) is 0 Å². The van der Waals surface area contributed by atoms with Gasteiger partial charge in [-0.1, -0.05) is 19.1 Å². The van der Waals surface area contributed by atoms with Crippen LogP contribution in [0.2, 0.25) is 0 Å². The monoisotopic (exact) mass is 434 g/mol. The fourth-order valence-electron chi connectivity index (χ4n) is 3.56. The number of hydrogen-bond donors (Lipinski definition) is 1. The number of ketones is 1. The van der Waals surface area contributed by atoms with Gasteiger partial charge in [-0.05, 0) is 53.8 Å². The highest BCUT2D eigenvalue weighted by Gasteiger charge is 2.46. The molecule has 7 heteroatoms. The molecule has 0 aliphatic carbocycles. The van der Waals surface area contributed by atoms with E-state index in [0.29, 0.717) is 17.9 Å². The maximum Gasteiger partial charge on any atom is 0.295 e. The molecule has 158 valence electrons. The molecule has 1 unspecified atom stereocenters. The molecule has 4 rings (SSSR count). The number of benzene rings is 1. The van der Waals surface area contributed by atoms with Crippen LogP contribution in [0.4, 0.5) is 0 Å². The van der Waals surface area contributed by atoms with Crippen LogP contribution >= 0.6 is 11.3 Å². The molecule has 1 fully saturated rings. The van der Waals surface area contributed by atoms with E-state index < -0.39 is 17.7 Å². The predicted molar refractivity (Wildman–Crippen MR) is 119 cm³/mol. The van der Waals surface area contributed by atoms with E-state index in [4.69, 9.17) is 4.74 Å². The van der Waals surface area contributed by atoms with Crippen LogP contribution in [0.3, 0.4) is 0 Å². The van der Waals surface area contributed by atoms with Gasteiger partial charge in [-0.25, -0.2) is 0 Å². The van der Waals surface area contributed by atoms with E-state index >= 15 is 0 Å². The van der Waals surface area contributed by atoms with Gasteiger partial charge < -0.3 is 14.7 Å². The molecule has 1 saturated heterocycles. The summed E-state index contributed by atoms with van der Waals surface area (Å²) >= 11 is 1.44. The summed E-state index contributed by atoms with van der Waals surface area (Å²) in [5.74, 6) is -0.824. The standard InChI is InChI=1S/C24H22N2O4S/c1-2-12-30-18-9-7-17(8-10-18)22(27)20-21(19-6-4-13-31-19)26(24(29)23(20)28)15-16-5-3-11-25-14-16/h3-11,13-14,21,27H,2,12,15H2,1H3/b22-20+. The Morgan fingerprint density at radius 2 is 1.97 bits per heavy atom. The first-order chi connectivity index (χ1) is 15.1. The van der Waals surface area contributed by atoms with E-state index in [0.717, 1.165) is 16.9 Å². The minimum atomic E-state index is -0.689. The number of aliphatic hydroxyl groups is 1. The largest absolute Gasteiger partial charge is 0.507 e. The molecule has 0 spiro atoms. The third kappa shape index (κ3) is 4.22. The number of rotatable bonds is 7. The Bertz CT molecular complexity index is 1090. The lowest BCUT2D eigenvalue weighted by Crippen LogP contribution is -2.28. The zero-order valence-electron chi connectivity index (χ0n) is 17.0. The van der Waals surface area contributed by atoms with E-state index in [9.17, 15) is 14.7 Å². The molecule has 31 heavy (non-hydrogen) atoms. The van der Waals surface area contributed by atoms with Crippen molar-refractivity contribution in [2.75, 3.05) is 6.61 Å². The Morgan fingerprint density at radius 1 is 1.16 bits per heavy atom. The quantitative estimate of drug-likeness (QED) is 0.335. The van der Waals surface area contributed by atoms with Gasteiger partial charge in [0.1, 0.15) is 11.5 Å². The molecule has 0 bridgehead atoms. The molecule has 1 aliphatic rings. The normalized spacial score (nSPS) is 17.8. The van der Waals surface area contributed by atoms with E-state index in [1.54, 1.807) is 42.7 Å². The average molecular weight is 435 g/mol. The highest BCUT2D eigenvalue weighted by molar-refractivity contribution is 7.10. The number of hydrogen-bond acceptors (Lipinski definition) is 6. The number of aromatic nitrogens is 1. The lowest BCUT2D eigenvalue weighted by atomic mass is 9.99. The smallest absolute Gasteiger partial charge is 0.295 e. The molecule has 3 aromatic rings. The second-order valence-electron chi connectivity index (χ2n) is 7.18. The van der Waals surface area contributed by atoms with Crippen LogP contribution in [-0.2, 0) is 16.1 Å². The number of amides is 1. The van der Waals surface area contributed by atoms with Crippen LogP contribution in [-0.4, -0.2) is 33.3 Å². The van der Waals surface area contributed by atoms with Gasteiger partial charge in [-0.2, -0.15) is 0 Å². The van der Waals surface area contributed by atoms with Crippen molar-refractivity contribution < 1.29 is 19.4 Å². The van der Waals surface area contributed by atoms with Gasteiger partial charge in [-0.15, -0.1) is 11.3 Å². The maximum absolute atomic E-state index is 13.0. The van der Waals surface area contributed by atoms with E-state index in [2.05, 4.69) is 4.98 Å². The molecule has 1 N–H and O–H groups in total. The summed E-state index contributed by atoms with van der Waals surface area (Å²) in [4.78, 5) is 32.3. The van der Waals surface area contributed by atoms with Crippen LogP contribution in [0.5, 0.6) is 5.75 Å². The topological polar surface area (TPSA) is 79.7 Å². The Kier molecular flexibility index (Phi) is 6.13. The van der Waals surface area contributed by atoms with Crippen molar-refractivity contribution >= 4 is 28.8 Å². The number of ether oxygens (including phenoxy) is 1. The summed E-state index contributed by atoms with van der Waals surface area (Å²) in [6.07, 6.45) is 4.21. The third-order valence-electron chi connectivity index (χ3n) is 5.03. The lowest BCUT2D eigenvalue weighted by molar-refractivity contribution is -0.140. The maximum atomic E-state index is 13.0.